The number of nitrogens with zero attached hydrogens (tertiary/aromatic N) is 6. The number of aromatic nitrogens is 6. The highest BCUT2D eigenvalue weighted by molar-refractivity contribution is 7.90. The number of pyridine rings is 1. The van der Waals surface area contributed by atoms with Crippen LogP contribution in [0.5, 0.6) is 5.75 Å². The first-order chi connectivity index (χ1) is 20.3. The molecule has 5 rings (SSSR count). The second kappa shape index (κ2) is 11.4. The molecule has 3 N–H and O–H groups in total. The van der Waals surface area contributed by atoms with E-state index in [0.29, 0.717) is 5.56 Å². The number of hydrogen-bond donors (Lipinski definition) is 2. The summed E-state index contributed by atoms with van der Waals surface area (Å²) in [6, 6.07) is 12.2. The molecule has 224 valence electrons. The molecule has 0 saturated heterocycles. The number of alkyl halides is 5. The first-order valence-electron chi connectivity index (χ1n) is 12.3. The molecule has 0 fully saturated rings. The molecule has 11 nitrogen and oxygen atoms in total. The zero-order chi connectivity index (χ0) is 30.9. The van der Waals surface area contributed by atoms with Gasteiger partial charge in [-0.2, -0.15) is 32.0 Å². The molecular weight excluding hydrogens is 599 g/mol. The Bertz CT molecular complexity index is 1880. The van der Waals surface area contributed by atoms with E-state index in [1.165, 1.54) is 18.7 Å². The Morgan fingerprint density at radius 1 is 1.02 bits per heavy atom. The van der Waals surface area contributed by atoms with Crippen molar-refractivity contribution in [3.63, 3.8) is 0 Å². The van der Waals surface area contributed by atoms with Crippen LogP contribution in [0.4, 0.5) is 33.7 Å². The van der Waals surface area contributed by atoms with Gasteiger partial charge in [-0.3, -0.25) is 0 Å². The summed E-state index contributed by atoms with van der Waals surface area (Å²) in [6.45, 7) is -4.72. The van der Waals surface area contributed by atoms with Crippen molar-refractivity contribution in [1.82, 2.24) is 29.7 Å². The molecule has 0 amide bonds. The average molecular weight is 621 g/mol. The SMILES string of the molecule is CS(=O)(=O)c1cc(-c2cc(Cc3ccc(-n4cncn4)cc3)c3nc(N)nc(NCC(F)(F)F)c3n2)ccc1OC(F)F. The number of rotatable bonds is 9. The predicted octanol–water partition coefficient (Wildman–Crippen LogP) is 4.42. The maximum absolute atomic E-state index is 13.1. The molecule has 0 unspecified atom stereocenters. The number of nitrogens with one attached hydrogen (secondary N) is 1. The van der Waals surface area contributed by atoms with E-state index in [4.69, 9.17) is 5.73 Å². The second-order valence-electron chi connectivity index (χ2n) is 9.26. The largest absolute Gasteiger partial charge is 0.433 e. The van der Waals surface area contributed by atoms with Crippen LogP contribution < -0.4 is 15.8 Å². The van der Waals surface area contributed by atoms with Crippen molar-refractivity contribution in [2.45, 2.75) is 24.1 Å². The third-order valence-electron chi connectivity index (χ3n) is 6.07. The summed E-state index contributed by atoms with van der Waals surface area (Å²) in [5.41, 5.74) is 8.15. The van der Waals surface area contributed by atoms with Crippen LogP contribution in [0.25, 0.3) is 28.0 Å². The van der Waals surface area contributed by atoms with E-state index in [1.54, 1.807) is 35.0 Å². The number of sulfone groups is 1. The molecule has 0 saturated carbocycles. The Kier molecular flexibility index (Phi) is 7.83. The minimum atomic E-state index is -4.59. The van der Waals surface area contributed by atoms with Crippen LogP contribution >= 0.6 is 0 Å². The van der Waals surface area contributed by atoms with E-state index >= 15 is 0 Å². The molecule has 0 spiro atoms. The lowest BCUT2D eigenvalue weighted by molar-refractivity contribution is -0.115. The first kappa shape index (κ1) is 29.6. The van der Waals surface area contributed by atoms with Gasteiger partial charge in [0.1, 0.15) is 40.9 Å². The van der Waals surface area contributed by atoms with Crippen molar-refractivity contribution in [3.05, 3.63) is 72.3 Å². The normalized spacial score (nSPS) is 12.2. The molecule has 0 aliphatic heterocycles. The zero-order valence-corrected chi connectivity index (χ0v) is 22.9. The van der Waals surface area contributed by atoms with Gasteiger partial charge in [-0.05, 0) is 53.9 Å². The molecule has 0 aliphatic rings. The van der Waals surface area contributed by atoms with Crippen molar-refractivity contribution >= 4 is 32.6 Å². The van der Waals surface area contributed by atoms with Crippen molar-refractivity contribution < 1.29 is 35.1 Å². The third-order valence-corrected chi connectivity index (χ3v) is 7.19. The molecule has 0 radical (unpaired) electrons. The van der Waals surface area contributed by atoms with Gasteiger partial charge in [0.2, 0.25) is 5.95 Å². The fraction of sp³-hybridized carbons (Fsp3) is 0.192. The van der Waals surface area contributed by atoms with Gasteiger partial charge < -0.3 is 15.8 Å². The lowest BCUT2D eigenvalue weighted by atomic mass is 10.0. The minimum absolute atomic E-state index is 0.0704. The highest BCUT2D eigenvalue weighted by Crippen LogP contribution is 2.34. The molecule has 0 bridgehead atoms. The van der Waals surface area contributed by atoms with E-state index < -0.39 is 39.8 Å². The summed E-state index contributed by atoms with van der Waals surface area (Å²) in [7, 11) is -4.05. The Labute approximate surface area is 240 Å². The fourth-order valence-electron chi connectivity index (χ4n) is 4.26. The van der Waals surface area contributed by atoms with Crippen LogP contribution in [-0.4, -0.2) is 63.7 Å². The summed E-state index contributed by atoms with van der Waals surface area (Å²) in [4.78, 5) is 16.0. The first-order valence-corrected chi connectivity index (χ1v) is 14.2. The van der Waals surface area contributed by atoms with Gasteiger partial charge in [0.15, 0.2) is 15.7 Å². The Balaban J connectivity index is 1.66. The van der Waals surface area contributed by atoms with Crippen LogP contribution in [0.15, 0.2) is 66.1 Å². The molecule has 43 heavy (non-hydrogen) atoms. The summed E-state index contributed by atoms with van der Waals surface area (Å²) in [6.07, 6.45) is -0.667. The molecule has 0 aliphatic carbocycles. The number of nitrogen functional groups attached to an aromatic ring is 1. The summed E-state index contributed by atoms with van der Waals surface area (Å²) >= 11 is 0. The topological polar surface area (TPSA) is 151 Å². The lowest BCUT2D eigenvalue weighted by Crippen LogP contribution is -2.22. The average Bonchev–Trinajstić information content (AvgIpc) is 3.46. The van der Waals surface area contributed by atoms with Gasteiger partial charge in [0.25, 0.3) is 0 Å². The molecule has 3 heterocycles. The number of anilines is 2. The molecular formula is C26H21F5N8O3S. The highest BCUT2D eigenvalue weighted by atomic mass is 32.2. The fourth-order valence-corrected chi connectivity index (χ4v) is 5.08. The van der Waals surface area contributed by atoms with Crippen molar-refractivity contribution in [2.24, 2.45) is 0 Å². The number of fused-ring (bicyclic) bond motifs is 1. The number of halogens is 5. The molecule has 17 heteroatoms. The summed E-state index contributed by atoms with van der Waals surface area (Å²) < 4.78 is 95.9. The van der Waals surface area contributed by atoms with Gasteiger partial charge >= 0.3 is 12.8 Å². The van der Waals surface area contributed by atoms with Crippen LogP contribution in [-0.2, 0) is 16.3 Å². The van der Waals surface area contributed by atoms with Crippen molar-refractivity contribution in [3.8, 4) is 22.7 Å². The van der Waals surface area contributed by atoms with E-state index in [0.717, 1.165) is 29.6 Å². The smallest absolute Gasteiger partial charge is 0.405 e. The zero-order valence-electron chi connectivity index (χ0n) is 22.0. The molecule has 2 aromatic carbocycles. The van der Waals surface area contributed by atoms with Gasteiger partial charge in [0, 0.05) is 11.8 Å². The Morgan fingerprint density at radius 2 is 1.77 bits per heavy atom. The van der Waals surface area contributed by atoms with E-state index in [-0.39, 0.29) is 40.5 Å². The number of ether oxygens (including phenoxy) is 1. The number of benzene rings is 2. The van der Waals surface area contributed by atoms with Gasteiger partial charge in [-0.1, -0.05) is 12.1 Å². The molecule has 0 atom stereocenters. The van der Waals surface area contributed by atoms with Gasteiger partial charge in [-0.25, -0.2) is 28.1 Å². The van der Waals surface area contributed by atoms with Crippen LogP contribution in [0.1, 0.15) is 11.1 Å². The molecule has 3 aromatic heterocycles. The summed E-state index contributed by atoms with van der Waals surface area (Å²) in [5.74, 6) is -1.17. The van der Waals surface area contributed by atoms with Crippen LogP contribution in [0.2, 0.25) is 0 Å². The highest BCUT2D eigenvalue weighted by Gasteiger charge is 2.28. The van der Waals surface area contributed by atoms with Crippen molar-refractivity contribution in [2.75, 3.05) is 23.9 Å². The Hall–Kier alpha value is -4.93. The van der Waals surface area contributed by atoms with E-state index in [2.05, 4.69) is 35.1 Å². The van der Waals surface area contributed by atoms with E-state index in [9.17, 15) is 30.4 Å². The standard InChI is InChI=1S/C26H21F5N8O3S/c1-43(40,41)20-10-15(4-7-19(20)42-24(27)28)18-9-16(8-14-2-5-17(6-3-14)39-13-33-12-35-39)21-22(36-18)23(38-25(32)37-21)34-11-26(29,30)31/h2-7,9-10,12-13,24H,8,11H2,1H3,(H3,32,34,37,38). The number of nitrogens with two attached hydrogens (primary N) is 1. The summed E-state index contributed by atoms with van der Waals surface area (Å²) in [5, 5.41) is 6.27. The van der Waals surface area contributed by atoms with E-state index in [1.807, 2.05) is 0 Å². The van der Waals surface area contributed by atoms with Crippen molar-refractivity contribution in [1.29, 1.82) is 0 Å². The maximum Gasteiger partial charge on any atom is 0.405 e. The van der Waals surface area contributed by atoms with Gasteiger partial charge in [-0.15, -0.1) is 0 Å². The minimum Gasteiger partial charge on any atom is -0.433 e. The monoisotopic (exact) mass is 620 g/mol. The van der Waals surface area contributed by atoms with Crippen LogP contribution in [0, 0.1) is 0 Å². The third kappa shape index (κ3) is 6.94. The second-order valence-corrected chi connectivity index (χ2v) is 11.2. The molecule has 5 aromatic rings. The quantitative estimate of drug-likeness (QED) is 0.227. The maximum atomic E-state index is 13.1. The van der Waals surface area contributed by atoms with Gasteiger partial charge in [0.05, 0.1) is 11.4 Å². The predicted molar refractivity (Wildman–Crippen MR) is 146 cm³/mol. The van der Waals surface area contributed by atoms with Crippen LogP contribution in [0.3, 0.4) is 0 Å². The number of hydrogen-bond acceptors (Lipinski definition) is 10. The Morgan fingerprint density at radius 3 is 2.40 bits per heavy atom. The lowest BCUT2D eigenvalue weighted by Gasteiger charge is -2.16.